The van der Waals surface area contributed by atoms with E-state index in [0.29, 0.717) is 25.4 Å². The summed E-state index contributed by atoms with van der Waals surface area (Å²) in [6.07, 6.45) is 0. The number of hydrogen-bond donors (Lipinski definition) is 0. The maximum Gasteiger partial charge on any atom is 0.338 e. The highest BCUT2D eigenvalue weighted by Crippen LogP contribution is 2.34. The molecule has 0 radical (unpaired) electrons. The number of rotatable bonds is 2. The average molecular weight is 350 g/mol. The molecule has 0 saturated heterocycles. The van der Waals surface area contributed by atoms with Crippen LogP contribution in [-0.4, -0.2) is 25.8 Å². The van der Waals surface area contributed by atoms with Crippen molar-refractivity contribution in [3.63, 3.8) is 0 Å². The van der Waals surface area contributed by atoms with Gasteiger partial charge in [-0.15, -0.1) is 0 Å². The topological polar surface area (TPSA) is 44.8 Å². The lowest BCUT2D eigenvalue weighted by Crippen LogP contribution is -2.26. The van der Waals surface area contributed by atoms with Crippen LogP contribution in [-0.2, 0) is 4.74 Å². The molecular weight excluding hydrogens is 328 g/mol. The third-order valence-electron chi connectivity index (χ3n) is 3.93. The van der Waals surface area contributed by atoms with Crippen LogP contribution in [0.2, 0.25) is 0 Å². The molecule has 0 bridgehead atoms. The molecule has 0 atom stereocenters. The molecule has 0 fully saturated rings. The summed E-state index contributed by atoms with van der Waals surface area (Å²) in [5, 5.41) is 0. The quantitative estimate of drug-likeness (QED) is 0.605. The highest BCUT2D eigenvalue weighted by molar-refractivity contribution is 5.89. The second kappa shape index (κ2) is 7.53. The summed E-state index contributed by atoms with van der Waals surface area (Å²) in [5.74, 6) is 7.37. The molecule has 1 heterocycles. The molecule has 4 heteroatoms. The fourth-order valence-electron chi connectivity index (χ4n) is 2.45. The van der Waals surface area contributed by atoms with Gasteiger partial charge in [0.05, 0.1) is 25.4 Å². The van der Waals surface area contributed by atoms with E-state index in [-0.39, 0.29) is 11.4 Å². The Labute approximate surface area is 154 Å². The van der Waals surface area contributed by atoms with Crippen LogP contribution in [0.25, 0.3) is 0 Å². The van der Waals surface area contributed by atoms with Crippen molar-refractivity contribution in [2.24, 2.45) is 5.41 Å². The molecule has 3 rings (SSSR count). The lowest BCUT2D eigenvalue weighted by atomic mass is 9.97. The van der Waals surface area contributed by atoms with Gasteiger partial charge in [0.1, 0.15) is 0 Å². The fraction of sp³-hybridized carbons (Fsp3) is 0.318. The number of esters is 1. The molecule has 134 valence electrons. The van der Waals surface area contributed by atoms with Crippen molar-refractivity contribution in [3.8, 4) is 23.3 Å². The molecule has 0 N–H and O–H groups in total. The van der Waals surface area contributed by atoms with Crippen LogP contribution < -0.4 is 9.47 Å². The van der Waals surface area contributed by atoms with Crippen LogP contribution in [0.15, 0.2) is 42.5 Å². The predicted molar refractivity (Wildman–Crippen MR) is 99.6 cm³/mol. The number of benzene rings is 2. The van der Waals surface area contributed by atoms with Crippen LogP contribution in [0.3, 0.4) is 0 Å². The monoisotopic (exact) mass is 350 g/mol. The molecule has 0 spiro atoms. The van der Waals surface area contributed by atoms with E-state index in [2.05, 4.69) is 25.7 Å². The summed E-state index contributed by atoms with van der Waals surface area (Å²) < 4.78 is 16.7. The molecule has 0 saturated carbocycles. The van der Waals surface area contributed by atoms with E-state index in [0.717, 1.165) is 22.6 Å². The Hall–Kier alpha value is -2.93. The van der Waals surface area contributed by atoms with E-state index < -0.39 is 0 Å². The minimum Gasteiger partial charge on any atom is -0.489 e. The molecule has 2 aromatic rings. The van der Waals surface area contributed by atoms with Gasteiger partial charge >= 0.3 is 5.97 Å². The van der Waals surface area contributed by atoms with E-state index in [9.17, 15) is 4.79 Å². The number of fused-ring (bicyclic) bond motifs is 1. The van der Waals surface area contributed by atoms with Gasteiger partial charge in [-0.25, -0.2) is 4.79 Å². The standard InChI is InChI=1S/C22H22O4/c1-4-24-21(23)18-10-7-16(8-11-18)5-6-17-9-12-19-20(13-17)26-15-22(2,3)14-25-19/h7-13H,4,14-15H2,1-3H3. The SMILES string of the molecule is CCOC(=O)c1ccc(C#Cc2ccc3c(c2)OCC(C)(C)CO3)cc1. The first-order valence-electron chi connectivity index (χ1n) is 8.66. The minimum atomic E-state index is -0.321. The first-order valence-corrected chi connectivity index (χ1v) is 8.66. The summed E-state index contributed by atoms with van der Waals surface area (Å²) in [5.41, 5.74) is 2.18. The second-order valence-electron chi connectivity index (χ2n) is 6.95. The molecule has 0 amide bonds. The van der Waals surface area contributed by atoms with Gasteiger partial charge < -0.3 is 14.2 Å². The molecule has 2 aromatic carbocycles. The Bertz CT molecular complexity index is 854. The zero-order chi connectivity index (χ0) is 18.6. The summed E-state index contributed by atoms with van der Waals surface area (Å²) in [7, 11) is 0. The van der Waals surface area contributed by atoms with Crippen molar-refractivity contribution < 1.29 is 19.0 Å². The summed E-state index contributed by atoms with van der Waals surface area (Å²) in [4.78, 5) is 11.7. The largest absolute Gasteiger partial charge is 0.489 e. The van der Waals surface area contributed by atoms with Gasteiger partial charge in [0.25, 0.3) is 0 Å². The number of hydrogen-bond acceptors (Lipinski definition) is 4. The summed E-state index contributed by atoms with van der Waals surface area (Å²) >= 11 is 0. The van der Waals surface area contributed by atoms with Crippen molar-refractivity contribution in [1.82, 2.24) is 0 Å². The van der Waals surface area contributed by atoms with E-state index in [1.54, 1.807) is 19.1 Å². The third-order valence-corrected chi connectivity index (χ3v) is 3.93. The molecule has 1 aliphatic heterocycles. The van der Waals surface area contributed by atoms with Gasteiger partial charge in [-0.3, -0.25) is 0 Å². The normalized spacial score (nSPS) is 14.6. The Kier molecular flexibility index (Phi) is 5.18. The number of ether oxygens (including phenoxy) is 3. The van der Waals surface area contributed by atoms with E-state index in [1.165, 1.54) is 0 Å². The third kappa shape index (κ3) is 4.37. The number of carbonyl (C=O) groups excluding carboxylic acids is 1. The van der Waals surface area contributed by atoms with Gasteiger partial charge in [-0.2, -0.15) is 0 Å². The van der Waals surface area contributed by atoms with Crippen LogP contribution in [0, 0.1) is 17.3 Å². The van der Waals surface area contributed by atoms with Crippen molar-refractivity contribution in [1.29, 1.82) is 0 Å². The highest BCUT2D eigenvalue weighted by atomic mass is 16.5. The van der Waals surface area contributed by atoms with Crippen LogP contribution in [0.4, 0.5) is 0 Å². The smallest absolute Gasteiger partial charge is 0.338 e. The van der Waals surface area contributed by atoms with Crippen molar-refractivity contribution in [3.05, 3.63) is 59.2 Å². The van der Waals surface area contributed by atoms with Crippen LogP contribution in [0.5, 0.6) is 11.5 Å². The van der Waals surface area contributed by atoms with Gasteiger partial charge in [0.15, 0.2) is 11.5 Å². The molecule has 0 aliphatic carbocycles. The first-order chi connectivity index (χ1) is 12.5. The van der Waals surface area contributed by atoms with Gasteiger partial charge in [0, 0.05) is 16.5 Å². The maximum absolute atomic E-state index is 11.7. The zero-order valence-corrected chi connectivity index (χ0v) is 15.3. The van der Waals surface area contributed by atoms with E-state index in [1.807, 2.05) is 30.3 Å². The Morgan fingerprint density at radius 2 is 1.62 bits per heavy atom. The summed E-state index contributed by atoms with van der Waals surface area (Å²) in [6, 6.07) is 12.8. The highest BCUT2D eigenvalue weighted by Gasteiger charge is 2.25. The number of carbonyl (C=O) groups is 1. The van der Waals surface area contributed by atoms with Crippen molar-refractivity contribution in [2.45, 2.75) is 20.8 Å². The molecule has 0 aromatic heterocycles. The van der Waals surface area contributed by atoms with Gasteiger partial charge in [-0.1, -0.05) is 25.7 Å². The van der Waals surface area contributed by atoms with Gasteiger partial charge in [0.2, 0.25) is 0 Å². The Morgan fingerprint density at radius 1 is 1.00 bits per heavy atom. The molecule has 4 nitrogen and oxygen atoms in total. The van der Waals surface area contributed by atoms with E-state index >= 15 is 0 Å². The Morgan fingerprint density at radius 3 is 2.31 bits per heavy atom. The lowest BCUT2D eigenvalue weighted by molar-refractivity contribution is 0.0526. The molecule has 26 heavy (non-hydrogen) atoms. The molecule has 0 unspecified atom stereocenters. The van der Waals surface area contributed by atoms with Crippen LogP contribution in [0.1, 0.15) is 42.3 Å². The van der Waals surface area contributed by atoms with Crippen LogP contribution >= 0.6 is 0 Å². The van der Waals surface area contributed by atoms with Crippen molar-refractivity contribution in [2.75, 3.05) is 19.8 Å². The van der Waals surface area contributed by atoms with Gasteiger partial charge in [-0.05, 0) is 49.4 Å². The summed E-state index contributed by atoms with van der Waals surface area (Å²) in [6.45, 7) is 7.60. The maximum atomic E-state index is 11.7. The Balaban J connectivity index is 1.75. The van der Waals surface area contributed by atoms with E-state index in [4.69, 9.17) is 14.2 Å². The molecule has 1 aliphatic rings. The first kappa shape index (κ1) is 17.9. The second-order valence-corrected chi connectivity index (χ2v) is 6.95. The van der Waals surface area contributed by atoms with Crippen molar-refractivity contribution >= 4 is 5.97 Å². The molecular formula is C22H22O4. The zero-order valence-electron chi connectivity index (χ0n) is 15.3. The lowest BCUT2D eigenvalue weighted by Gasteiger charge is -2.19. The predicted octanol–water partition coefficient (Wildman–Crippen LogP) is 4.06. The average Bonchev–Trinajstić information content (AvgIpc) is 2.79. The minimum absolute atomic E-state index is 0.0223. The fourth-order valence-corrected chi connectivity index (χ4v) is 2.45.